The second-order valence-electron chi connectivity index (χ2n) is 12.2. The van der Waals surface area contributed by atoms with Gasteiger partial charge in [-0.1, -0.05) is 54.0 Å². The Bertz CT molecular complexity index is 1630. The molecule has 1 aliphatic rings. The highest BCUT2D eigenvalue weighted by molar-refractivity contribution is 7.89. The standard InChI is InChI=1S/C33H44N6O7S2/c1-22(40)31(37-33(43)38(3)19-27-21-47-23(2)35-27)32(42)36-29(16-24-8-5-4-6-9-24)30(41)20-39(18-26-10-7-11-26)48(45,46)28-14-12-25(13-15-28)17-34-44/h4-6,8-9,12-15,17,21-22,26,29-31,40-41,44H,7,10-11,16,18-20H2,1-3H3,(H,36,42)(H,37,43)/t22-,29-,30+,31-/m0/s1. The highest BCUT2D eigenvalue weighted by Gasteiger charge is 2.35. The minimum absolute atomic E-state index is 0.0153. The molecule has 15 heteroatoms. The number of aliphatic hydroxyl groups is 2. The predicted molar refractivity (Wildman–Crippen MR) is 182 cm³/mol. The smallest absolute Gasteiger partial charge is 0.318 e. The fraction of sp³-hybridized carbons (Fsp3) is 0.455. The van der Waals surface area contributed by atoms with Crippen LogP contribution in [0.4, 0.5) is 4.79 Å². The van der Waals surface area contributed by atoms with E-state index in [4.69, 9.17) is 5.21 Å². The number of carbonyl (C=O) groups is 2. The Morgan fingerprint density at radius 3 is 2.35 bits per heavy atom. The summed E-state index contributed by atoms with van der Waals surface area (Å²) in [5, 5.41) is 42.0. The minimum atomic E-state index is -4.07. The molecule has 4 atom stereocenters. The number of nitrogens with one attached hydrogen (secondary N) is 2. The van der Waals surface area contributed by atoms with Gasteiger partial charge in [-0.05, 0) is 62.3 Å². The number of oxime groups is 1. The van der Waals surface area contributed by atoms with Crippen molar-refractivity contribution in [3.63, 3.8) is 0 Å². The largest absolute Gasteiger partial charge is 0.411 e. The van der Waals surface area contributed by atoms with E-state index in [2.05, 4.69) is 20.8 Å². The van der Waals surface area contributed by atoms with Crippen molar-refractivity contribution < 1.29 is 33.4 Å². The van der Waals surface area contributed by atoms with Gasteiger partial charge in [-0.3, -0.25) is 4.79 Å². The van der Waals surface area contributed by atoms with Crippen LogP contribution >= 0.6 is 11.3 Å². The topological polar surface area (TPSA) is 185 Å². The number of thiazole rings is 1. The summed E-state index contributed by atoms with van der Waals surface area (Å²) in [4.78, 5) is 32.4. The van der Waals surface area contributed by atoms with Gasteiger partial charge in [0.05, 0.1) is 46.6 Å². The monoisotopic (exact) mass is 700 g/mol. The molecule has 48 heavy (non-hydrogen) atoms. The third kappa shape index (κ3) is 10.1. The van der Waals surface area contributed by atoms with Crippen molar-refractivity contribution in [1.82, 2.24) is 24.8 Å². The van der Waals surface area contributed by atoms with Crippen LogP contribution in [0.25, 0.3) is 0 Å². The Morgan fingerprint density at radius 1 is 1.10 bits per heavy atom. The van der Waals surface area contributed by atoms with E-state index in [0.717, 1.165) is 29.8 Å². The SMILES string of the molecule is Cc1nc(CN(C)C(=O)N[C@H](C(=O)N[C@@H](Cc2ccccc2)[C@H](O)CN(CC2CCC2)S(=O)(=O)c2ccc(C=NO)cc2)[C@H](C)O)cs1. The lowest BCUT2D eigenvalue weighted by Crippen LogP contribution is -2.59. The first-order valence-electron chi connectivity index (χ1n) is 15.8. The molecular formula is C33H44N6O7S2. The zero-order valence-corrected chi connectivity index (χ0v) is 28.9. The number of sulfonamides is 1. The first-order chi connectivity index (χ1) is 22.9. The van der Waals surface area contributed by atoms with E-state index in [-0.39, 0.29) is 36.9 Å². The summed E-state index contributed by atoms with van der Waals surface area (Å²) >= 11 is 1.45. The van der Waals surface area contributed by atoms with Gasteiger partial charge in [-0.15, -0.1) is 11.3 Å². The molecule has 4 rings (SSSR count). The average molecular weight is 701 g/mol. The van der Waals surface area contributed by atoms with Crippen LogP contribution in [-0.2, 0) is 27.8 Å². The van der Waals surface area contributed by atoms with E-state index in [0.29, 0.717) is 11.3 Å². The molecule has 1 saturated carbocycles. The van der Waals surface area contributed by atoms with Crippen molar-refractivity contribution in [3.8, 4) is 0 Å². The normalized spacial score (nSPS) is 16.2. The van der Waals surface area contributed by atoms with Gasteiger partial charge in [0.25, 0.3) is 0 Å². The molecule has 13 nitrogen and oxygen atoms in total. The summed E-state index contributed by atoms with van der Waals surface area (Å²) in [6, 6.07) is 12.0. The van der Waals surface area contributed by atoms with Gasteiger partial charge in [0, 0.05) is 25.5 Å². The molecule has 0 spiro atoms. The van der Waals surface area contributed by atoms with Gasteiger partial charge in [0.1, 0.15) is 6.04 Å². The number of aryl methyl sites for hydroxylation is 1. The number of rotatable bonds is 16. The Balaban J connectivity index is 1.54. The third-order valence-electron chi connectivity index (χ3n) is 8.35. The highest BCUT2D eigenvalue weighted by Crippen LogP contribution is 2.30. The molecule has 0 aliphatic heterocycles. The molecule has 1 aromatic heterocycles. The Hall–Kier alpha value is -3.89. The van der Waals surface area contributed by atoms with Gasteiger partial charge < -0.3 is 31.0 Å². The molecule has 3 amide bonds. The lowest BCUT2D eigenvalue weighted by molar-refractivity contribution is -0.127. The number of amides is 3. The van der Waals surface area contributed by atoms with E-state index in [1.807, 2.05) is 42.6 Å². The summed E-state index contributed by atoms with van der Waals surface area (Å²) < 4.78 is 29.0. The lowest BCUT2D eigenvalue weighted by Gasteiger charge is -2.35. The summed E-state index contributed by atoms with van der Waals surface area (Å²) in [6.45, 7) is 3.32. The predicted octanol–water partition coefficient (Wildman–Crippen LogP) is 2.73. The van der Waals surface area contributed by atoms with Crippen molar-refractivity contribution in [1.29, 1.82) is 0 Å². The van der Waals surface area contributed by atoms with E-state index < -0.39 is 46.3 Å². The molecule has 260 valence electrons. The molecule has 2 aromatic carbocycles. The van der Waals surface area contributed by atoms with Crippen LogP contribution in [0, 0.1) is 12.8 Å². The average Bonchev–Trinajstić information content (AvgIpc) is 3.44. The maximum Gasteiger partial charge on any atom is 0.318 e. The summed E-state index contributed by atoms with van der Waals surface area (Å²) in [6.07, 6.45) is 1.43. The Morgan fingerprint density at radius 2 is 1.79 bits per heavy atom. The minimum Gasteiger partial charge on any atom is -0.411 e. The van der Waals surface area contributed by atoms with Crippen LogP contribution in [0.15, 0.2) is 70.0 Å². The number of hydrogen-bond donors (Lipinski definition) is 5. The van der Waals surface area contributed by atoms with Crippen LogP contribution < -0.4 is 10.6 Å². The summed E-state index contributed by atoms with van der Waals surface area (Å²) in [5.41, 5.74) is 1.99. The summed E-state index contributed by atoms with van der Waals surface area (Å²) in [5.74, 6) is -0.597. The number of aromatic nitrogens is 1. The van der Waals surface area contributed by atoms with Gasteiger partial charge in [-0.2, -0.15) is 4.31 Å². The number of urea groups is 1. The molecule has 1 heterocycles. The number of carbonyl (C=O) groups excluding carboxylic acids is 2. The Labute approximate surface area is 285 Å². The first-order valence-corrected chi connectivity index (χ1v) is 18.1. The number of aliphatic hydroxyl groups excluding tert-OH is 2. The molecule has 5 N–H and O–H groups in total. The second-order valence-corrected chi connectivity index (χ2v) is 15.2. The van der Waals surface area contributed by atoms with Crippen LogP contribution in [0.2, 0.25) is 0 Å². The summed E-state index contributed by atoms with van der Waals surface area (Å²) in [7, 11) is -2.52. The molecule has 0 unspecified atom stereocenters. The number of nitrogens with zero attached hydrogens (tertiary/aromatic N) is 4. The molecule has 3 aromatic rings. The maximum atomic E-state index is 13.9. The fourth-order valence-corrected chi connectivity index (χ4v) is 7.52. The van der Waals surface area contributed by atoms with Gasteiger partial charge in [0.2, 0.25) is 15.9 Å². The van der Waals surface area contributed by atoms with Crippen molar-refractivity contribution in [3.05, 3.63) is 81.8 Å². The quantitative estimate of drug-likeness (QED) is 0.0858. The molecular weight excluding hydrogens is 657 g/mol. The lowest BCUT2D eigenvalue weighted by atomic mass is 9.85. The third-order valence-corrected chi connectivity index (χ3v) is 11.0. The van der Waals surface area contributed by atoms with Crippen LogP contribution in [-0.4, -0.2) is 101 Å². The van der Waals surface area contributed by atoms with Crippen LogP contribution in [0.3, 0.4) is 0 Å². The zero-order valence-electron chi connectivity index (χ0n) is 27.3. The molecule has 0 bridgehead atoms. The van der Waals surface area contributed by atoms with Gasteiger partial charge >= 0.3 is 6.03 Å². The van der Waals surface area contributed by atoms with Crippen molar-refractivity contribution in [2.45, 2.75) is 75.3 Å². The van der Waals surface area contributed by atoms with Crippen molar-refractivity contribution in [2.75, 3.05) is 20.1 Å². The second kappa shape index (κ2) is 17.0. The van der Waals surface area contributed by atoms with Crippen molar-refractivity contribution in [2.24, 2.45) is 11.1 Å². The fourth-order valence-electron chi connectivity index (χ4n) is 5.38. The maximum absolute atomic E-state index is 13.9. The van der Waals surface area contributed by atoms with E-state index >= 15 is 0 Å². The molecule has 0 radical (unpaired) electrons. The number of hydrogen-bond acceptors (Lipinski definition) is 10. The van der Waals surface area contributed by atoms with Crippen molar-refractivity contribution >= 4 is 39.5 Å². The molecule has 1 aliphatic carbocycles. The van der Waals surface area contributed by atoms with Gasteiger partial charge in [0.15, 0.2) is 0 Å². The van der Waals surface area contributed by atoms with E-state index in [1.54, 1.807) is 7.05 Å². The molecule has 1 fully saturated rings. The van der Waals surface area contributed by atoms with Crippen LogP contribution in [0.5, 0.6) is 0 Å². The Kier molecular flexibility index (Phi) is 13.1. The first kappa shape index (κ1) is 36.9. The van der Waals surface area contributed by atoms with E-state index in [9.17, 15) is 28.2 Å². The van der Waals surface area contributed by atoms with Gasteiger partial charge in [-0.25, -0.2) is 18.2 Å². The van der Waals surface area contributed by atoms with Crippen LogP contribution in [0.1, 0.15) is 48.0 Å². The molecule has 0 saturated heterocycles. The zero-order chi connectivity index (χ0) is 34.8. The van der Waals surface area contributed by atoms with E-state index in [1.165, 1.54) is 57.9 Å². The number of benzene rings is 2. The highest BCUT2D eigenvalue weighted by atomic mass is 32.2.